The maximum Gasteiger partial charge on any atom is 0.274 e. The van der Waals surface area contributed by atoms with E-state index in [1.54, 1.807) is 30.4 Å². The van der Waals surface area contributed by atoms with Gasteiger partial charge >= 0.3 is 0 Å². The lowest BCUT2D eigenvalue weighted by Gasteiger charge is -2.08. The molecule has 0 spiro atoms. The molecule has 5 nitrogen and oxygen atoms in total. The molecule has 0 aliphatic rings. The molecule has 1 heterocycles. The van der Waals surface area contributed by atoms with Crippen LogP contribution in [0.3, 0.4) is 0 Å². The summed E-state index contributed by atoms with van der Waals surface area (Å²) in [6, 6.07) is 8.73. The summed E-state index contributed by atoms with van der Waals surface area (Å²) >= 11 is 1.68. The number of carbonyl (C=O) groups excluding carboxylic acids is 1. The number of hydrogen-bond acceptors (Lipinski definition) is 4. The highest BCUT2D eigenvalue weighted by Gasteiger charge is 2.14. The van der Waals surface area contributed by atoms with Crippen LogP contribution in [-0.4, -0.2) is 10.8 Å². The number of rotatable bonds is 6. The number of amides is 1. The van der Waals surface area contributed by atoms with Gasteiger partial charge in [-0.25, -0.2) is 0 Å². The number of carbonyl (C=O) groups is 1. The Balaban J connectivity index is 1.90. The average Bonchev–Trinajstić information content (AvgIpc) is 2.94. The number of nitro benzene ring substituents is 1. The van der Waals surface area contributed by atoms with Gasteiger partial charge in [0.1, 0.15) is 0 Å². The van der Waals surface area contributed by atoms with E-state index in [0.717, 1.165) is 12.8 Å². The van der Waals surface area contributed by atoms with Gasteiger partial charge < -0.3 is 5.32 Å². The number of thiophene rings is 1. The van der Waals surface area contributed by atoms with Gasteiger partial charge in [-0.05, 0) is 37.3 Å². The Morgan fingerprint density at radius 1 is 1.33 bits per heavy atom. The van der Waals surface area contributed by atoms with Gasteiger partial charge in [0.15, 0.2) is 0 Å². The van der Waals surface area contributed by atoms with E-state index in [1.165, 1.54) is 10.9 Å². The predicted molar refractivity (Wildman–Crippen MR) is 83.7 cm³/mol. The summed E-state index contributed by atoms with van der Waals surface area (Å²) < 4.78 is 0. The van der Waals surface area contributed by atoms with Crippen LogP contribution in [0.5, 0.6) is 0 Å². The van der Waals surface area contributed by atoms with E-state index >= 15 is 0 Å². The second-order valence-corrected chi connectivity index (χ2v) is 5.72. The van der Waals surface area contributed by atoms with Crippen LogP contribution in [0.2, 0.25) is 0 Å². The van der Waals surface area contributed by atoms with Gasteiger partial charge in [-0.3, -0.25) is 14.9 Å². The fraction of sp³-hybridized carbons (Fsp3) is 0.267. The number of aryl methyl sites for hydroxylation is 1. The molecule has 1 amide bonds. The number of hydrogen-bond donors (Lipinski definition) is 1. The van der Waals surface area contributed by atoms with Gasteiger partial charge in [0.05, 0.1) is 16.2 Å². The average molecular weight is 304 g/mol. The molecule has 0 radical (unpaired) electrons. The lowest BCUT2D eigenvalue weighted by molar-refractivity contribution is -0.385. The monoisotopic (exact) mass is 304 g/mol. The van der Waals surface area contributed by atoms with Crippen molar-refractivity contribution in [2.45, 2.75) is 26.2 Å². The first kappa shape index (κ1) is 15.2. The summed E-state index contributed by atoms with van der Waals surface area (Å²) in [6.45, 7) is 1.64. The highest BCUT2D eigenvalue weighted by Crippen LogP contribution is 2.25. The van der Waals surface area contributed by atoms with Crippen molar-refractivity contribution in [1.82, 2.24) is 0 Å². The molecular formula is C15H16N2O3S. The van der Waals surface area contributed by atoms with Gasteiger partial charge in [0.2, 0.25) is 5.91 Å². The third-order valence-corrected chi connectivity index (χ3v) is 4.12. The van der Waals surface area contributed by atoms with E-state index in [4.69, 9.17) is 0 Å². The quantitative estimate of drug-likeness (QED) is 0.649. The van der Waals surface area contributed by atoms with E-state index in [2.05, 4.69) is 5.32 Å². The molecule has 6 heteroatoms. The first-order chi connectivity index (χ1) is 10.1. The largest absolute Gasteiger partial charge is 0.326 e. The molecule has 2 rings (SSSR count). The Labute approximate surface area is 126 Å². The predicted octanol–water partition coefficient (Wildman–Crippen LogP) is 3.93. The van der Waals surface area contributed by atoms with Crippen molar-refractivity contribution in [2.75, 3.05) is 5.32 Å². The van der Waals surface area contributed by atoms with Crippen molar-refractivity contribution in [1.29, 1.82) is 0 Å². The smallest absolute Gasteiger partial charge is 0.274 e. The molecular weight excluding hydrogens is 288 g/mol. The lowest BCUT2D eigenvalue weighted by atomic mass is 10.1. The Bertz CT molecular complexity index is 638. The fourth-order valence-electron chi connectivity index (χ4n) is 2.05. The van der Waals surface area contributed by atoms with Crippen LogP contribution in [-0.2, 0) is 11.2 Å². The minimum atomic E-state index is -0.443. The van der Waals surface area contributed by atoms with Gasteiger partial charge in [-0.2, -0.15) is 0 Å². The molecule has 2 aromatic rings. The van der Waals surface area contributed by atoms with Crippen LogP contribution in [0.25, 0.3) is 0 Å². The first-order valence-electron chi connectivity index (χ1n) is 6.64. The molecule has 1 N–H and O–H groups in total. The van der Waals surface area contributed by atoms with E-state index in [9.17, 15) is 14.9 Å². The zero-order valence-electron chi connectivity index (χ0n) is 11.7. The van der Waals surface area contributed by atoms with Gasteiger partial charge in [0, 0.05) is 17.4 Å². The van der Waals surface area contributed by atoms with E-state index in [-0.39, 0.29) is 11.6 Å². The molecule has 0 bridgehead atoms. The third kappa shape index (κ3) is 4.13. The minimum absolute atomic E-state index is 0.0198. The van der Waals surface area contributed by atoms with Crippen LogP contribution in [0.1, 0.15) is 23.3 Å². The molecule has 0 saturated carbocycles. The molecule has 0 saturated heterocycles. The van der Waals surface area contributed by atoms with Gasteiger partial charge in [-0.1, -0.05) is 12.1 Å². The van der Waals surface area contributed by atoms with Crippen LogP contribution in [0.15, 0.2) is 35.7 Å². The Morgan fingerprint density at radius 2 is 2.14 bits per heavy atom. The van der Waals surface area contributed by atoms with Crippen molar-refractivity contribution in [3.8, 4) is 0 Å². The van der Waals surface area contributed by atoms with E-state index < -0.39 is 4.92 Å². The molecule has 0 aliphatic heterocycles. The summed E-state index contributed by atoms with van der Waals surface area (Å²) in [5.74, 6) is -0.116. The summed E-state index contributed by atoms with van der Waals surface area (Å²) in [4.78, 5) is 23.6. The van der Waals surface area contributed by atoms with Crippen molar-refractivity contribution >= 4 is 28.6 Å². The summed E-state index contributed by atoms with van der Waals surface area (Å²) in [5, 5.41) is 15.6. The molecule has 110 valence electrons. The fourth-order valence-corrected chi connectivity index (χ4v) is 2.80. The van der Waals surface area contributed by atoms with Crippen molar-refractivity contribution in [3.63, 3.8) is 0 Å². The highest BCUT2D eigenvalue weighted by atomic mass is 32.1. The van der Waals surface area contributed by atoms with Crippen LogP contribution >= 0.6 is 11.3 Å². The maximum atomic E-state index is 11.9. The standard InChI is InChI=1S/C15H16N2O3S/c1-11-13(7-3-8-14(11)17(19)20)16-15(18)9-2-5-12-6-4-10-21-12/h3-4,6-8,10H,2,5,9H2,1H3,(H,16,18). The van der Waals surface area contributed by atoms with Gasteiger partial charge in [0.25, 0.3) is 5.69 Å². The Morgan fingerprint density at radius 3 is 2.81 bits per heavy atom. The molecule has 21 heavy (non-hydrogen) atoms. The molecule has 0 fully saturated rings. The zero-order valence-corrected chi connectivity index (χ0v) is 12.5. The van der Waals surface area contributed by atoms with Gasteiger partial charge in [-0.15, -0.1) is 11.3 Å². The summed E-state index contributed by atoms with van der Waals surface area (Å²) in [5.41, 5.74) is 1.01. The first-order valence-corrected chi connectivity index (χ1v) is 7.52. The SMILES string of the molecule is Cc1c(NC(=O)CCCc2cccs2)cccc1[N+](=O)[O-]. The molecule has 1 aromatic heterocycles. The topological polar surface area (TPSA) is 72.2 Å². The highest BCUT2D eigenvalue weighted by molar-refractivity contribution is 7.09. The summed E-state index contributed by atoms with van der Waals surface area (Å²) in [7, 11) is 0. The normalized spacial score (nSPS) is 10.3. The molecule has 0 aliphatic carbocycles. The third-order valence-electron chi connectivity index (χ3n) is 3.18. The van der Waals surface area contributed by atoms with E-state index in [1.807, 2.05) is 17.5 Å². The number of benzene rings is 1. The van der Waals surface area contributed by atoms with Crippen molar-refractivity contribution in [2.24, 2.45) is 0 Å². The Kier molecular flexibility index (Phi) is 5.05. The maximum absolute atomic E-state index is 11.9. The van der Waals surface area contributed by atoms with Crippen LogP contribution < -0.4 is 5.32 Å². The minimum Gasteiger partial charge on any atom is -0.326 e. The summed E-state index contributed by atoms with van der Waals surface area (Å²) in [6.07, 6.45) is 2.04. The second kappa shape index (κ2) is 6.99. The molecule has 1 aromatic carbocycles. The number of nitrogens with zero attached hydrogens (tertiary/aromatic N) is 1. The van der Waals surface area contributed by atoms with E-state index in [0.29, 0.717) is 17.7 Å². The van der Waals surface area contributed by atoms with Crippen LogP contribution in [0, 0.1) is 17.0 Å². The van der Waals surface area contributed by atoms with Crippen molar-refractivity contribution in [3.05, 3.63) is 56.3 Å². The second-order valence-electron chi connectivity index (χ2n) is 4.69. The number of anilines is 1. The van der Waals surface area contributed by atoms with Crippen LogP contribution in [0.4, 0.5) is 11.4 Å². The molecule has 0 unspecified atom stereocenters. The van der Waals surface area contributed by atoms with Crippen molar-refractivity contribution < 1.29 is 9.72 Å². The zero-order chi connectivity index (χ0) is 15.2. The number of nitro groups is 1. The molecule has 0 atom stereocenters. The number of nitrogens with one attached hydrogen (secondary N) is 1. The lowest BCUT2D eigenvalue weighted by Crippen LogP contribution is -2.12. The Hall–Kier alpha value is -2.21.